The predicted molar refractivity (Wildman–Crippen MR) is 97.9 cm³/mol. The minimum Gasteiger partial charge on any atom is -0.361 e. The highest BCUT2D eigenvalue weighted by molar-refractivity contribution is 7.80. The first-order valence-corrected chi connectivity index (χ1v) is 8.64. The van der Waals surface area contributed by atoms with Gasteiger partial charge in [-0.05, 0) is 44.6 Å². The molecule has 0 unspecified atom stereocenters. The summed E-state index contributed by atoms with van der Waals surface area (Å²) >= 11 is 5.56. The second-order valence-electron chi connectivity index (χ2n) is 6.09. The van der Waals surface area contributed by atoms with Gasteiger partial charge in [0.05, 0.1) is 17.6 Å². The number of nitrogens with zero attached hydrogens (tertiary/aromatic N) is 4. The number of thiocarbonyl (C=S) groups is 1. The molecule has 0 saturated carbocycles. The smallest absolute Gasteiger partial charge is 0.173 e. The van der Waals surface area contributed by atoms with Gasteiger partial charge in [-0.15, -0.1) is 0 Å². The van der Waals surface area contributed by atoms with Gasteiger partial charge < -0.3 is 14.7 Å². The quantitative estimate of drug-likeness (QED) is 0.858. The molecule has 6 nitrogen and oxygen atoms in total. The van der Waals surface area contributed by atoms with Gasteiger partial charge in [0.2, 0.25) is 0 Å². The third kappa shape index (κ3) is 4.10. The largest absolute Gasteiger partial charge is 0.361 e. The van der Waals surface area contributed by atoms with Crippen molar-refractivity contribution in [1.82, 2.24) is 19.9 Å². The van der Waals surface area contributed by atoms with E-state index in [2.05, 4.69) is 25.3 Å². The van der Waals surface area contributed by atoms with Crippen molar-refractivity contribution in [2.45, 2.75) is 26.8 Å². The van der Waals surface area contributed by atoms with Crippen LogP contribution in [0.4, 0.5) is 5.69 Å². The molecule has 128 valence electrons. The van der Waals surface area contributed by atoms with Gasteiger partial charge in [-0.3, -0.25) is 9.88 Å². The van der Waals surface area contributed by atoms with E-state index in [1.807, 2.05) is 26.0 Å². The van der Waals surface area contributed by atoms with E-state index < -0.39 is 0 Å². The Bertz CT molecular complexity index is 668. The summed E-state index contributed by atoms with van der Waals surface area (Å²) in [5.74, 6) is 0.919. The molecular formula is C17H23N5OS. The van der Waals surface area contributed by atoms with Crippen molar-refractivity contribution in [3.05, 3.63) is 41.5 Å². The Morgan fingerprint density at radius 3 is 2.88 bits per heavy atom. The molecule has 0 amide bonds. The van der Waals surface area contributed by atoms with Crippen LogP contribution >= 0.6 is 12.2 Å². The number of nitrogens with one attached hydrogen (secondary N) is 1. The minimum absolute atomic E-state index is 0.766. The lowest BCUT2D eigenvalue weighted by atomic mass is 10.2. The Morgan fingerprint density at radius 2 is 2.17 bits per heavy atom. The van der Waals surface area contributed by atoms with E-state index in [4.69, 9.17) is 16.7 Å². The summed E-state index contributed by atoms with van der Waals surface area (Å²) in [6.45, 7) is 8.77. The highest BCUT2D eigenvalue weighted by Gasteiger charge is 2.19. The van der Waals surface area contributed by atoms with E-state index in [1.165, 1.54) is 5.56 Å². The topological polar surface area (TPSA) is 57.4 Å². The van der Waals surface area contributed by atoms with Crippen molar-refractivity contribution >= 4 is 23.0 Å². The highest BCUT2D eigenvalue weighted by atomic mass is 32.1. The molecule has 24 heavy (non-hydrogen) atoms. The van der Waals surface area contributed by atoms with Gasteiger partial charge in [0.25, 0.3) is 0 Å². The van der Waals surface area contributed by atoms with Crippen LogP contribution < -0.4 is 5.32 Å². The fourth-order valence-corrected chi connectivity index (χ4v) is 3.22. The summed E-state index contributed by atoms with van der Waals surface area (Å²) in [4.78, 5) is 8.78. The van der Waals surface area contributed by atoms with Crippen LogP contribution in [-0.4, -0.2) is 51.2 Å². The lowest BCUT2D eigenvalue weighted by Crippen LogP contribution is -2.37. The second-order valence-corrected chi connectivity index (χ2v) is 6.48. The van der Waals surface area contributed by atoms with Crippen LogP contribution in [0.25, 0.3) is 0 Å². The van der Waals surface area contributed by atoms with E-state index in [-0.39, 0.29) is 0 Å². The van der Waals surface area contributed by atoms with E-state index >= 15 is 0 Å². The molecule has 1 aliphatic rings. The van der Waals surface area contributed by atoms with E-state index in [9.17, 15) is 0 Å². The Labute approximate surface area is 147 Å². The third-order valence-electron chi connectivity index (χ3n) is 4.35. The van der Waals surface area contributed by atoms with Crippen LogP contribution in [0, 0.1) is 13.8 Å². The summed E-state index contributed by atoms with van der Waals surface area (Å²) < 4.78 is 5.27. The maximum absolute atomic E-state index is 5.56. The Kier molecular flexibility index (Phi) is 5.42. The molecule has 0 aliphatic carbocycles. The normalized spacial score (nSPS) is 16.0. The maximum Gasteiger partial charge on any atom is 0.173 e. The average molecular weight is 345 g/mol. The first-order valence-electron chi connectivity index (χ1n) is 8.23. The molecule has 1 fully saturated rings. The van der Waals surface area contributed by atoms with Crippen molar-refractivity contribution < 1.29 is 4.52 Å². The van der Waals surface area contributed by atoms with Gasteiger partial charge in [-0.1, -0.05) is 5.16 Å². The zero-order chi connectivity index (χ0) is 16.9. The highest BCUT2D eigenvalue weighted by Crippen LogP contribution is 2.16. The van der Waals surface area contributed by atoms with Crippen LogP contribution in [0.15, 0.2) is 29.0 Å². The average Bonchev–Trinajstić information content (AvgIpc) is 2.79. The summed E-state index contributed by atoms with van der Waals surface area (Å²) in [6, 6.07) is 3.87. The van der Waals surface area contributed by atoms with Crippen molar-refractivity contribution in [2.24, 2.45) is 0 Å². The van der Waals surface area contributed by atoms with Gasteiger partial charge in [-0.2, -0.15) is 0 Å². The molecule has 0 radical (unpaired) electrons. The van der Waals surface area contributed by atoms with E-state index in [1.54, 1.807) is 12.4 Å². The molecular weight excluding hydrogens is 322 g/mol. The third-order valence-corrected chi connectivity index (χ3v) is 4.71. The van der Waals surface area contributed by atoms with E-state index in [0.717, 1.165) is 61.4 Å². The lowest BCUT2D eigenvalue weighted by Gasteiger charge is -2.24. The molecule has 1 saturated heterocycles. The molecule has 1 aliphatic heterocycles. The number of aryl methyl sites for hydroxylation is 2. The van der Waals surface area contributed by atoms with Crippen LogP contribution in [-0.2, 0) is 6.54 Å². The van der Waals surface area contributed by atoms with Gasteiger partial charge >= 0.3 is 0 Å². The van der Waals surface area contributed by atoms with Crippen molar-refractivity contribution in [3.8, 4) is 0 Å². The molecule has 0 atom stereocenters. The van der Waals surface area contributed by atoms with Crippen LogP contribution in [0.2, 0.25) is 0 Å². The fraction of sp³-hybridized carbons (Fsp3) is 0.471. The second kappa shape index (κ2) is 7.72. The molecule has 0 spiro atoms. The van der Waals surface area contributed by atoms with Crippen molar-refractivity contribution in [3.63, 3.8) is 0 Å². The number of rotatable bonds is 3. The van der Waals surface area contributed by atoms with Gasteiger partial charge in [0.15, 0.2) is 5.11 Å². The van der Waals surface area contributed by atoms with E-state index in [0.29, 0.717) is 0 Å². The molecule has 2 aromatic heterocycles. The number of pyridine rings is 1. The number of hydrogen-bond acceptors (Lipinski definition) is 5. The maximum atomic E-state index is 5.56. The van der Waals surface area contributed by atoms with Crippen molar-refractivity contribution in [1.29, 1.82) is 0 Å². The summed E-state index contributed by atoms with van der Waals surface area (Å²) in [5, 5.41) is 8.08. The van der Waals surface area contributed by atoms with Crippen molar-refractivity contribution in [2.75, 3.05) is 31.5 Å². The first kappa shape index (κ1) is 16.9. The molecule has 1 N–H and O–H groups in total. The fourth-order valence-electron chi connectivity index (χ4n) is 2.92. The number of anilines is 1. The van der Waals surface area contributed by atoms with Crippen LogP contribution in [0.1, 0.15) is 23.4 Å². The Morgan fingerprint density at radius 1 is 1.29 bits per heavy atom. The zero-order valence-corrected chi connectivity index (χ0v) is 15.0. The van der Waals surface area contributed by atoms with Gasteiger partial charge in [0.1, 0.15) is 5.76 Å². The van der Waals surface area contributed by atoms with Crippen LogP contribution in [0.5, 0.6) is 0 Å². The molecule has 7 heteroatoms. The first-order chi connectivity index (χ1) is 11.6. The Balaban J connectivity index is 1.56. The monoisotopic (exact) mass is 345 g/mol. The molecule has 0 aromatic carbocycles. The SMILES string of the molecule is Cc1noc(C)c1CN1CCCN(C(=S)Nc2cccnc2)CC1. The standard InChI is InChI=1S/C17H23N5OS/c1-13-16(14(2)23-20-13)12-21-7-4-8-22(10-9-21)17(24)19-15-5-3-6-18-11-15/h3,5-6,11H,4,7-10,12H2,1-2H3,(H,19,24). The van der Waals surface area contributed by atoms with Gasteiger partial charge in [0, 0.05) is 44.5 Å². The predicted octanol–water partition coefficient (Wildman–Crippen LogP) is 2.59. The zero-order valence-electron chi connectivity index (χ0n) is 14.2. The summed E-state index contributed by atoms with van der Waals surface area (Å²) in [6.07, 6.45) is 4.62. The molecule has 0 bridgehead atoms. The number of aromatic nitrogens is 2. The molecule has 3 heterocycles. The molecule has 3 rings (SSSR count). The van der Waals surface area contributed by atoms with Gasteiger partial charge in [-0.25, -0.2) is 0 Å². The number of hydrogen-bond donors (Lipinski definition) is 1. The van der Waals surface area contributed by atoms with Crippen LogP contribution in [0.3, 0.4) is 0 Å². The molecule has 2 aromatic rings. The summed E-state index contributed by atoms with van der Waals surface area (Å²) in [7, 11) is 0. The summed E-state index contributed by atoms with van der Waals surface area (Å²) in [5.41, 5.74) is 3.13. The minimum atomic E-state index is 0.766. The lowest BCUT2D eigenvalue weighted by molar-refractivity contribution is 0.275. The Hall–Kier alpha value is -1.99.